The number of amides is 1. The summed E-state index contributed by atoms with van der Waals surface area (Å²) in [6.45, 7) is 2.49. The van der Waals surface area contributed by atoms with Crippen molar-refractivity contribution < 1.29 is 24.2 Å². The van der Waals surface area contributed by atoms with Crippen molar-refractivity contribution in [3.63, 3.8) is 0 Å². The number of rotatable bonds is 6. The zero-order valence-corrected chi connectivity index (χ0v) is 18.2. The van der Waals surface area contributed by atoms with Crippen LogP contribution < -0.4 is 14.4 Å². The van der Waals surface area contributed by atoms with Gasteiger partial charge in [-0.05, 0) is 47.9 Å². The van der Waals surface area contributed by atoms with Gasteiger partial charge in [0.25, 0.3) is 5.91 Å². The molecule has 3 aromatic carbocycles. The summed E-state index contributed by atoms with van der Waals surface area (Å²) in [5.41, 5.74) is 1.98. The Morgan fingerprint density at radius 3 is 2.67 bits per heavy atom. The van der Waals surface area contributed by atoms with E-state index < -0.39 is 11.5 Å². The lowest BCUT2D eigenvalue weighted by Crippen LogP contribution is -2.41. The van der Waals surface area contributed by atoms with Crippen molar-refractivity contribution in [1.82, 2.24) is 0 Å². The van der Waals surface area contributed by atoms with E-state index in [0.717, 1.165) is 16.7 Å². The second-order valence-corrected chi connectivity index (χ2v) is 8.28. The number of benzene rings is 3. The molecule has 0 radical (unpaired) electrons. The van der Waals surface area contributed by atoms with Crippen molar-refractivity contribution in [2.45, 2.75) is 25.5 Å². The molecule has 1 N–H and O–H groups in total. The standard InChI is InChI=1S/C27H23NO5/c1-18-6-2-3-7-20(18)16-28-23-9-5-4-8-22(23)27(31,26(28)30)15-21(29)12-10-19-11-13-24-25(14-19)33-17-32-24/h2-14,31H,15-17H2,1H3/b12-10+/t27-/m0/s1. The molecule has 1 atom stereocenters. The van der Waals surface area contributed by atoms with E-state index in [-0.39, 0.29) is 19.0 Å². The Morgan fingerprint density at radius 2 is 1.82 bits per heavy atom. The first kappa shape index (κ1) is 21.0. The van der Waals surface area contributed by atoms with Crippen LogP contribution in [0.25, 0.3) is 6.08 Å². The molecular weight excluding hydrogens is 418 g/mol. The molecular formula is C27H23NO5. The van der Waals surface area contributed by atoms with Gasteiger partial charge in [-0.15, -0.1) is 0 Å². The number of aliphatic hydroxyl groups is 1. The van der Waals surface area contributed by atoms with Crippen LogP contribution in [0.4, 0.5) is 5.69 Å². The molecule has 0 spiro atoms. The number of ether oxygens (including phenoxy) is 2. The SMILES string of the molecule is Cc1ccccc1CN1C(=O)[C@](O)(CC(=O)/C=C/c2ccc3c(c2)OCO3)c2ccccc21. The van der Waals surface area contributed by atoms with Gasteiger partial charge >= 0.3 is 0 Å². The summed E-state index contributed by atoms with van der Waals surface area (Å²) in [6, 6.07) is 20.3. The van der Waals surface area contributed by atoms with E-state index in [9.17, 15) is 14.7 Å². The third kappa shape index (κ3) is 3.79. The third-order valence-corrected chi connectivity index (χ3v) is 6.12. The summed E-state index contributed by atoms with van der Waals surface area (Å²) < 4.78 is 10.7. The van der Waals surface area contributed by atoms with Crippen molar-refractivity contribution in [2.24, 2.45) is 0 Å². The summed E-state index contributed by atoms with van der Waals surface area (Å²) >= 11 is 0. The zero-order valence-electron chi connectivity index (χ0n) is 18.2. The lowest BCUT2D eigenvalue weighted by molar-refractivity contribution is -0.140. The number of carbonyl (C=O) groups is 2. The van der Waals surface area contributed by atoms with Gasteiger partial charge in [0.05, 0.1) is 18.7 Å². The quantitative estimate of drug-likeness (QED) is 0.582. The molecule has 3 aromatic rings. The van der Waals surface area contributed by atoms with E-state index in [4.69, 9.17) is 9.47 Å². The van der Waals surface area contributed by atoms with Crippen LogP contribution in [0.3, 0.4) is 0 Å². The molecule has 166 valence electrons. The molecule has 0 bridgehead atoms. The Bertz CT molecular complexity index is 1280. The Balaban J connectivity index is 1.38. The van der Waals surface area contributed by atoms with Gasteiger partial charge in [0.15, 0.2) is 22.9 Å². The number of hydrogen-bond donors (Lipinski definition) is 1. The minimum Gasteiger partial charge on any atom is -0.454 e. The van der Waals surface area contributed by atoms with Crippen molar-refractivity contribution in [1.29, 1.82) is 0 Å². The molecule has 2 aliphatic heterocycles. The highest BCUT2D eigenvalue weighted by atomic mass is 16.7. The maximum Gasteiger partial charge on any atom is 0.264 e. The van der Waals surface area contributed by atoms with Crippen LogP contribution in [-0.2, 0) is 21.7 Å². The number of nitrogens with zero attached hydrogens (tertiary/aromatic N) is 1. The Kier molecular flexibility index (Phi) is 5.23. The van der Waals surface area contributed by atoms with Crippen LogP contribution in [0.15, 0.2) is 72.8 Å². The fourth-order valence-electron chi connectivity index (χ4n) is 4.31. The van der Waals surface area contributed by atoms with Gasteiger partial charge in [0.2, 0.25) is 6.79 Å². The second-order valence-electron chi connectivity index (χ2n) is 8.28. The van der Waals surface area contributed by atoms with Gasteiger partial charge in [-0.3, -0.25) is 9.59 Å². The van der Waals surface area contributed by atoms with Gasteiger partial charge in [0, 0.05) is 5.56 Å². The molecule has 0 saturated heterocycles. The largest absolute Gasteiger partial charge is 0.454 e. The molecule has 0 aromatic heterocycles. The summed E-state index contributed by atoms with van der Waals surface area (Å²) in [4.78, 5) is 27.8. The molecule has 0 saturated carbocycles. The van der Waals surface area contributed by atoms with Crippen LogP contribution in [0, 0.1) is 6.92 Å². The molecule has 0 aliphatic carbocycles. The summed E-state index contributed by atoms with van der Waals surface area (Å²) in [7, 11) is 0. The molecule has 2 aliphatic rings. The van der Waals surface area contributed by atoms with Gasteiger partial charge in [-0.1, -0.05) is 54.6 Å². The van der Waals surface area contributed by atoms with Gasteiger partial charge in [-0.25, -0.2) is 0 Å². The van der Waals surface area contributed by atoms with Crippen molar-refractivity contribution >= 4 is 23.5 Å². The van der Waals surface area contributed by atoms with Gasteiger partial charge in [-0.2, -0.15) is 0 Å². The summed E-state index contributed by atoms with van der Waals surface area (Å²) in [5, 5.41) is 11.4. The molecule has 6 heteroatoms. The highest BCUT2D eigenvalue weighted by molar-refractivity contribution is 6.10. The number of allylic oxidation sites excluding steroid dienone is 1. The first-order valence-corrected chi connectivity index (χ1v) is 10.7. The highest BCUT2D eigenvalue weighted by Gasteiger charge is 2.50. The lowest BCUT2D eigenvalue weighted by Gasteiger charge is -2.23. The number of aryl methyl sites for hydroxylation is 1. The molecule has 0 unspecified atom stereocenters. The van der Waals surface area contributed by atoms with E-state index in [1.165, 1.54) is 6.08 Å². The third-order valence-electron chi connectivity index (χ3n) is 6.12. The van der Waals surface area contributed by atoms with Crippen molar-refractivity contribution in [3.05, 3.63) is 95.1 Å². The maximum absolute atomic E-state index is 13.4. The van der Waals surface area contributed by atoms with Crippen LogP contribution in [0.1, 0.15) is 28.7 Å². The van der Waals surface area contributed by atoms with E-state index in [1.54, 1.807) is 41.3 Å². The van der Waals surface area contributed by atoms with Crippen LogP contribution in [-0.4, -0.2) is 23.6 Å². The van der Waals surface area contributed by atoms with Crippen LogP contribution >= 0.6 is 0 Å². The van der Waals surface area contributed by atoms with Gasteiger partial charge < -0.3 is 19.5 Å². The predicted octanol–water partition coefficient (Wildman–Crippen LogP) is 4.13. The fourth-order valence-corrected chi connectivity index (χ4v) is 4.31. The van der Waals surface area contributed by atoms with E-state index in [0.29, 0.717) is 29.3 Å². The van der Waals surface area contributed by atoms with E-state index in [2.05, 4.69) is 0 Å². The van der Waals surface area contributed by atoms with Crippen LogP contribution in [0.5, 0.6) is 11.5 Å². The van der Waals surface area contributed by atoms with Crippen molar-refractivity contribution in [2.75, 3.05) is 11.7 Å². The van der Waals surface area contributed by atoms with E-state index in [1.807, 2.05) is 43.3 Å². The topological polar surface area (TPSA) is 76.1 Å². The number of anilines is 1. The van der Waals surface area contributed by atoms with Crippen LogP contribution in [0.2, 0.25) is 0 Å². The number of fused-ring (bicyclic) bond motifs is 2. The van der Waals surface area contributed by atoms with Crippen molar-refractivity contribution in [3.8, 4) is 11.5 Å². The van der Waals surface area contributed by atoms with E-state index >= 15 is 0 Å². The average molecular weight is 441 g/mol. The summed E-state index contributed by atoms with van der Waals surface area (Å²) in [6.07, 6.45) is 2.69. The Morgan fingerprint density at radius 1 is 1.06 bits per heavy atom. The number of para-hydroxylation sites is 1. The lowest BCUT2D eigenvalue weighted by atomic mass is 9.89. The predicted molar refractivity (Wildman–Crippen MR) is 124 cm³/mol. The molecule has 1 amide bonds. The molecule has 0 fully saturated rings. The summed E-state index contributed by atoms with van der Waals surface area (Å²) in [5.74, 6) is 0.442. The normalized spacial score (nSPS) is 18.7. The Hall–Kier alpha value is -3.90. The second kappa shape index (κ2) is 8.22. The number of carbonyl (C=O) groups excluding carboxylic acids is 2. The first-order valence-electron chi connectivity index (χ1n) is 10.7. The maximum atomic E-state index is 13.4. The zero-order chi connectivity index (χ0) is 23.0. The molecule has 33 heavy (non-hydrogen) atoms. The molecule has 2 heterocycles. The Labute approximate surface area is 191 Å². The molecule has 5 rings (SSSR count). The first-order chi connectivity index (χ1) is 16.0. The number of hydrogen-bond acceptors (Lipinski definition) is 5. The fraction of sp³-hybridized carbons (Fsp3) is 0.185. The minimum atomic E-state index is -1.91. The molecule has 6 nitrogen and oxygen atoms in total. The monoisotopic (exact) mass is 441 g/mol. The minimum absolute atomic E-state index is 0.176. The number of ketones is 1. The average Bonchev–Trinajstić information content (AvgIpc) is 3.36. The smallest absolute Gasteiger partial charge is 0.264 e. The van der Waals surface area contributed by atoms with Gasteiger partial charge in [0.1, 0.15) is 0 Å². The highest BCUT2D eigenvalue weighted by Crippen LogP contribution is 2.43.